The van der Waals surface area contributed by atoms with E-state index in [2.05, 4.69) is 21.0 Å². The smallest absolute Gasteiger partial charge is 0.282 e. The summed E-state index contributed by atoms with van der Waals surface area (Å²) < 4.78 is 13.7. The van der Waals surface area contributed by atoms with Crippen LogP contribution in [0.2, 0.25) is 0 Å². The van der Waals surface area contributed by atoms with Crippen molar-refractivity contribution in [2.75, 3.05) is 7.11 Å². The molecule has 1 heterocycles. The SMILES string of the molecule is COc1cc(C=Nn2c(-c3ccccc3)nc3ccccc3c2=O)cc(Br)c1OCc1ccccc1. The standard InChI is InChI=1S/C29H22BrN3O3/c1-35-26-17-21(16-24(30)27(26)36-19-20-10-4-2-5-11-20)18-31-33-28(22-12-6-3-7-13-22)32-25-15-9-8-14-23(25)29(33)34/h2-18H,19H2,1H3. The number of fused-ring (bicyclic) bond motifs is 1. The fourth-order valence-electron chi connectivity index (χ4n) is 3.81. The van der Waals surface area contributed by atoms with E-state index in [9.17, 15) is 4.79 Å². The van der Waals surface area contributed by atoms with Gasteiger partial charge in [0.2, 0.25) is 0 Å². The molecule has 0 bridgehead atoms. The molecule has 7 heteroatoms. The molecule has 178 valence electrons. The van der Waals surface area contributed by atoms with Gasteiger partial charge in [-0.05, 0) is 51.3 Å². The zero-order valence-corrected chi connectivity index (χ0v) is 21.1. The minimum absolute atomic E-state index is 0.246. The number of ether oxygens (including phenoxy) is 2. The molecule has 6 nitrogen and oxygen atoms in total. The van der Waals surface area contributed by atoms with Gasteiger partial charge < -0.3 is 9.47 Å². The lowest BCUT2D eigenvalue weighted by Gasteiger charge is -2.14. The van der Waals surface area contributed by atoms with E-state index >= 15 is 0 Å². The van der Waals surface area contributed by atoms with Gasteiger partial charge in [0, 0.05) is 5.56 Å². The Morgan fingerprint density at radius 2 is 1.64 bits per heavy atom. The Balaban J connectivity index is 1.53. The number of hydrogen-bond acceptors (Lipinski definition) is 5. The Hall–Kier alpha value is -4.23. The molecule has 1 aromatic heterocycles. The summed E-state index contributed by atoms with van der Waals surface area (Å²) in [5.74, 6) is 1.60. The number of para-hydroxylation sites is 1. The topological polar surface area (TPSA) is 65.7 Å². The Labute approximate surface area is 216 Å². The molecule has 0 aliphatic carbocycles. The van der Waals surface area contributed by atoms with Crippen molar-refractivity contribution in [3.63, 3.8) is 0 Å². The van der Waals surface area contributed by atoms with Gasteiger partial charge in [-0.3, -0.25) is 4.79 Å². The van der Waals surface area contributed by atoms with E-state index in [-0.39, 0.29) is 5.56 Å². The molecule has 0 saturated carbocycles. The van der Waals surface area contributed by atoms with Gasteiger partial charge in [-0.25, -0.2) is 4.98 Å². The van der Waals surface area contributed by atoms with Gasteiger partial charge in [0.25, 0.3) is 5.56 Å². The molecular weight excluding hydrogens is 518 g/mol. The number of methoxy groups -OCH3 is 1. The average Bonchev–Trinajstić information content (AvgIpc) is 2.92. The zero-order valence-electron chi connectivity index (χ0n) is 19.5. The van der Waals surface area contributed by atoms with E-state index in [4.69, 9.17) is 14.5 Å². The minimum Gasteiger partial charge on any atom is -0.493 e. The van der Waals surface area contributed by atoms with Crippen LogP contribution in [0.5, 0.6) is 11.5 Å². The normalized spacial score (nSPS) is 11.2. The van der Waals surface area contributed by atoms with Crippen LogP contribution < -0.4 is 15.0 Å². The van der Waals surface area contributed by atoms with Crippen molar-refractivity contribution in [1.82, 2.24) is 9.66 Å². The molecule has 0 fully saturated rings. The van der Waals surface area contributed by atoms with E-state index in [1.807, 2.05) is 91.0 Å². The lowest BCUT2D eigenvalue weighted by Crippen LogP contribution is -2.20. The maximum Gasteiger partial charge on any atom is 0.282 e. The summed E-state index contributed by atoms with van der Waals surface area (Å²) in [5, 5.41) is 5.04. The summed E-state index contributed by atoms with van der Waals surface area (Å²) in [7, 11) is 1.59. The van der Waals surface area contributed by atoms with Gasteiger partial charge in [-0.1, -0.05) is 72.8 Å². The first kappa shape index (κ1) is 23.5. The van der Waals surface area contributed by atoms with Crippen molar-refractivity contribution in [1.29, 1.82) is 0 Å². The van der Waals surface area contributed by atoms with Crippen molar-refractivity contribution >= 4 is 33.0 Å². The minimum atomic E-state index is -0.246. The van der Waals surface area contributed by atoms with Crippen LogP contribution in [0.3, 0.4) is 0 Å². The van der Waals surface area contributed by atoms with Gasteiger partial charge in [0.15, 0.2) is 17.3 Å². The van der Waals surface area contributed by atoms with E-state index in [1.54, 1.807) is 19.4 Å². The second kappa shape index (κ2) is 10.6. The van der Waals surface area contributed by atoms with E-state index in [0.29, 0.717) is 39.3 Å². The number of hydrogen-bond donors (Lipinski definition) is 0. The number of benzene rings is 4. The van der Waals surface area contributed by atoms with E-state index < -0.39 is 0 Å². The summed E-state index contributed by atoms with van der Waals surface area (Å²) in [6.45, 7) is 0.405. The van der Waals surface area contributed by atoms with Crippen molar-refractivity contribution in [3.8, 4) is 22.9 Å². The van der Waals surface area contributed by atoms with Gasteiger partial charge in [-0.15, -0.1) is 0 Å². The Morgan fingerprint density at radius 1 is 0.944 bits per heavy atom. The first-order chi connectivity index (χ1) is 17.6. The predicted molar refractivity (Wildman–Crippen MR) is 146 cm³/mol. The Morgan fingerprint density at radius 3 is 2.39 bits per heavy atom. The van der Waals surface area contributed by atoms with Gasteiger partial charge in [-0.2, -0.15) is 9.78 Å². The number of halogens is 1. The molecule has 0 N–H and O–H groups in total. The number of nitrogens with zero attached hydrogens (tertiary/aromatic N) is 3. The quantitative estimate of drug-likeness (QED) is 0.228. The highest BCUT2D eigenvalue weighted by molar-refractivity contribution is 9.10. The van der Waals surface area contributed by atoms with E-state index in [0.717, 1.165) is 16.7 Å². The summed E-state index contributed by atoms with van der Waals surface area (Å²) >= 11 is 3.59. The van der Waals surface area contributed by atoms with E-state index in [1.165, 1.54) is 4.68 Å². The maximum atomic E-state index is 13.4. The van der Waals surface area contributed by atoms with Gasteiger partial charge >= 0.3 is 0 Å². The van der Waals surface area contributed by atoms with Gasteiger partial charge in [0.05, 0.1) is 28.7 Å². The highest BCUT2D eigenvalue weighted by Crippen LogP contribution is 2.37. The lowest BCUT2D eigenvalue weighted by atomic mass is 10.2. The van der Waals surface area contributed by atoms with Crippen LogP contribution in [0, 0.1) is 0 Å². The molecule has 0 aliphatic rings. The fraction of sp³-hybridized carbons (Fsp3) is 0.0690. The molecule has 0 radical (unpaired) electrons. The largest absolute Gasteiger partial charge is 0.493 e. The molecule has 0 amide bonds. The molecule has 4 aromatic carbocycles. The third-order valence-corrected chi connectivity index (χ3v) is 6.17. The molecule has 0 atom stereocenters. The Bertz CT molecular complexity index is 1600. The van der Waals surface area contributed by atoms with Gasteiger partial charge in [0.1, 0.15) is 6.61 Å². The van der Waals surface area contributed by atoms with Crippen LogP contribution in [0.4, 0.5) is 0 Å². The maximum absolute atomic E-state index is 13.4. The first-order valence-electron chi connectivity index (χ1n) is 11.3. The summed E-state index contributed by atoms with van der Waals surface area (Å²) in [4.78, 5) is 18.1. The average molecular weight is 540 g/mol. The molecule has 5 rings (SSSR count). The molecule has 0 aliphatic heterocycles. The monoisotopic (exact) mass is 539 g/mol. The second-order valence-corrected chi connectivity index (χ2v) is 8.84. The highest BCUT2D eigenvalue weighted by Gasteiger charge is 2.14. The van der Waals surface area contributed by atoms with Crippen LogP contribution in [0.25, 0.3) is 22.3 Å². The molecule has 5 aromatic rings. The summed E-state index contributed by atoms with van der Waals surface area (Å²) in [6.07, 6.45) is 1.61. The van der Waals surface area contributed by atoms with Crippen molar-refractivity contribution in [2.45, 2.75) is 6.61 Å². The number of rotatable bonds is 7. The highest BCUT2D eigenvalue weighted by atomic mass is 79.9. The summed E-state index contributed by atoms with van der Waals surface area (Å²) in [5.41, 5.74) is 2.95. The zero-order chi connectivity index (χ0) is 24.9. The molecular formula is C29H22BrN3O3. The van der Waals surface area contributed by atoms with Crippen molar-refractivity contribution in [2.24, 2.45) is 5.10 Å². The van der Waals surface area contributed by atoms with Crippen LogP contribution in [-0.4, -0.2) is 23.0 Å². The Kier molecular flexibility index (Phi) is 6.91. The fourth-order valence-corrected chi connectivity index (χ4v) is 4.39. The molecule has 0 saturated heterocycles. The number of aromatic nitrogens is 2. The second-order valence-electron chi connectivity index (χ2n) is 7.99. The van der Waals surface area contributed by atoms with Crippen molar-refractivity contribution < 1.29 is 9.47 Å². The molecule has 36 heavy (non-hydrogen) atoms. The van der Waals surface area contributed by atoms with Crippen LogP contribution in [0.1, 0.15) is 11.1 Å². The lowest BCUT2D eigenvalue weighted by molar-refractivity contribution is 0.282. The third kappa shape index (κ3) is 4.92. The molecule has 0 spiro atoms. The predicted octanol–water partition coefficient (Wildman–Crippen LogP) is 6.30. The van der Waals surface area contributed by atoms with Crippen molar-refractivity contribution in [3.05, 3.63) is 123 Å². The van der Waals surface area contributed by atoms with Crippen LogP contribution in [-0.2, 0) is 6.61 Å². The van der Waals surface area contributed by atoms with Crippen LogP contribution >= 0.6 is 15.9 Å². The molecule has 0 unspecified atom stereocenters. The van der Waals surface area contributed by atoms with Crippen LogP contribution in [0.15, 0.2) is 111 Å². The summed E-state index contributed by atoms with van der Waals surface area (Å²) in [6, 6.07) is 30.4. The third-order valence-electron chi connectivity index (χ3n) is 5.59. The first-order valence-corrected chi connectivity index (χ1v) is 12.1.